The van der Waals surface area contributed by atoms with E-state index in [1.54, 1.807) is 18.6 Å². The second-order valence-electron chi connectivity index (χ2n) is 4.08. The first-order chi connectivity index (χ1) is 10.2. The molecule has 1 aromatic carbocycles. The normalized spacial score (nSPS) is 11.0. The minimum Gasteiger partial charge on any atom is -0.726 e. The molecule has 0 aliphatic rings. The molecule has 2 rings (SSSR count). The molecule has 22 heavy (non-hydrogen) atoms. The molecule has 0 bridgehead atoms. The molecule has 0 fully saturated rings. The lowest BCUT2D eigenvalue weighted by molar-refractivity contribution is -0.131. The van der Waals surface area contributed by atoms with Crippen molar-refractivity contribution in [3.8, 4) is 0 Å². The van der Waals surface area contributed by atoms with E-state index >= 15 is 0 Å². The van der Waals surface area contributed by atoms with Gasteiger partial charge in [0.1, 0.15) is 0 Å². The summed E-state index contributed by atoms with van der Waals surface area (Å²) < 4.78 is 34.8. The van der Waals surface area contributed by atoms with Gasteiger partial charge in [-0.2, -0.15) is 0 Å². The molecule has 8 nitrogen and oxygen atoms in total. The maximum Gasteiger partial charge on any atom is 0.328 e. The molecule has 0 radical (unpaired) electrons. The van der Waals surface area contributed by atoms with Crippen LogP contribution in [-0.4, -0.2) is 38.2 Å². The number of imidazole rings is 1. The summed E-state index contributed by atoms with van der Waals surface area (Å²) in [4.78, 5) is 14.3. The smallest absolute Gasteiger partial charge is 0.328 e. The number of hydrogen-bond acceptors (Lipinski definition) is 5. The summed E-state index contributed by atoms with van der Waals surface area (Å²) in [6.07, 6.45) is 8.11. The molecular weight excluding hydrogens is 312 g/mol. The van der Waals surface area contributed by atoms with Crippen LogP contribution in [0.1, 0.15) is 11.1 Å². The van der Waals surface area contributed by atoms with Crippen LogP contribution in [0.4, 0.5) is 0 Å². The van der Waals surface area contributed by atoms with Gasteiger partial charge < -0.3 is 14.2 Å². The van der Waals surface area contributed by atoms with Gasteiger partial charge in [-0.1, -0.05) is 24.3 Å². The molecule has 0 unspecified atom stereocenters. The Morgan fingerprint density at radius 3 is 2.36 bits per heavy atom. The number of nitrogens with zero attached hydrogens (tertiary/aromatic N) is 2. The molecular formula is C13H13N2O6S-. The summed E-state index contributed by atoms with van der Waals surface area (Å²) in [6.45, 7) is 0.767. The molecule has 2 aromatic rings. The van der Waals surface area contributed by atoms with Crippen molar-refractivity contribution in [1.82, 2.24) is 9.55 Å². The Morgan fingerprint density at radius 2 is 1.91 bits per heavy atom. The quantitative estimate of drug-likeness (QED) is 0.487. The maximum absolute atomic E-state index is 10.4. The Bertz CT molecular complexity index is 712. The Kier molecular flexibility index (Phi) is 6.45. The zero-order valence-corrected chi connectivity index (χ0v) is 12.0. The Morgan fingerprint density at radius 1 is 1.32 bits per heavy atom. The van der Waals surface area contributed by atoms with E-state index in [1.807, 2.05) is 35.0 Å². The largest absolute Gasteiger partial charge is 0.726 e. The minimum absolute atomic E-state index is 0.767. The number of carboxylic acid groups (broad SMARTS) is 1. The second kappa shape index (κ2) is 8.08. The molecule has 9 heteroatoms. The highest BCUT2D eigenvalue weighted by atomic mass is 32.3. The van der Waals surface area contributed by atoms with Gasteiger partial charge in [0.2, 0.25) is 10.4 Å². The van der Waals surface area contributed by atoms with Crippen molar-refractivity contribution in [2.45, 2.75) is 6.54 Å². The summed E-state index contributed by atoms with van der Waals surface area (Å²) in [6, 6.07) is 7.74. The molecule has 0 atom stereocenters. The zero-order valence-electron chi connectivity index (χ0n) is 11.2. The Labute approximate surface area is 126 Å². The number of hydrogen-bond donors (Lipinski definition) is 2. The van der Waals surface area contributed by atoms with E-state index in [9.17, 15) is 4.79 Å². The molecule has 1 heterocycles. The number of aromatic nitrogens is 2. The average Bonchev–Trinajstić information content (AvgIpc) is 2.89. The summed E-state index contributed by atoms with van der Waals surface area (Å²) in [7, 11) is -4.92. The lowest BCUT2D eigenvalue weighted by atomic mass is 10.1. The van der Waals surface area contributed by atoms with Gasteiger partial charge in [0, 0.05) is 25.0 Å². The molecule has 0 saturated carbocycles. The predicted molar refractivity (Wildman–Crippen MR) is 76.8 cm³/mol. The standard InChI is InChI=1S/C13H12N2O2.H2O4S/c16-13(17)6-5-11-1-3-12(4-2-11)9-15-8-7-14-10-15;1-5(2,3)4/h1-8,10H,9H2,(H,16,17);(H2,1,2,3,4)/p-1/b6-5+;. The summed E-state index contributed by atoms with van der Waals surface area (Å²) in [5, 5.41) is 8.50. The van der Waals surface area contributed by atoms with E-state index in [0.717, 1.165) is 23.7 Å². The van der Waals surface area contributed by atoms with Crippen molar-refractivity contribution in [1.29, 1.82) is 0 Å². The van der Waals surface area contributed by atoms with Gasteiger partial charge in [-0.15, -0.1) is 0 Å². The third-order valence-electron chi connectivity index (χ3n) is 2.32. The van der Waals surface area contributed by atoms with Gasteiger partial charge in [-0.3, -0.25) is 4.55 Å². The number of carbonyl (C=O) groups is 1. The van der Waals surface area contributed by atoms with E-state index in [1.165, 1.54) is 0 Å². The topological polar surface area (TPSA) is 133 Å². The predicted octanol–water partition coefficient (Wildman–Crippen LogP) is 1.03. The SMILES string of the molecule is O=C(O)/C=C/c1ccc(Cn2ccnc2)cc1.O=S(=O)([O-])O. The first-order valence-electron chi connectivity index (χ1n) is 5.88. The molecule has 0 aliphatic carbocycles. The molecule has 0 saturated heterocycles. The van der Waals surface area contributed by atoms with E-state index < -0.39 is 16.4 Å². The molecule has 118 valence electrons. The highest BCUT2D eigenvalue weighted by Gasteiger charge is 1.95. The fourth-order valence-electron chi connectivity index (χ4n) is 1.49. The number of benzene rings is 1. The minimum atomic E-state index is -4.92. The molecule has 0 amide bonds. The lowest BCUT2D eigenvalue weighted by Crippen LogP contribution is -1.95. The zero-order chi connectivity index (χ0) is 16.6. The van der Waals surface area contributed by atoms with Crippen molar-refractivity contribution in [2.75, 3.05) is 0 Å². The number of carboxylic acids is 1. The molecule has 0 aliphatic heterocycles. The van der Waals surface area contributed by atoms with Gasteiger partial charge in [-0.25, -0.2) is 18.2 Å². The van der Waals surface area contributed by atoms with Crippen LogP contribution in [0.3, 0.4) is 0 Å². The molecule has 0 spiro atoms. The third kappa shape index (κ3) is 8.64. The van der Waals surface area contributed by atoms with Crippen molar-refractivity contribution in [3.63, 3.8) is 0 Å². The van der Waals surface area contributed by atoms with Crippen LogP contribution in [0.2, 0.25) is 0 Å². The Hall–Kier alpha value is -2.49. The molecule has 1 aromatic heterocycles. The van der Waals surface area contributed by atoms with Crippen LogP contribution in [0.5, 0.6) is 0 Å². The Balaban J connectivity index is 0.000000422. The first-order valence-corrected chi connectivity index (χ1v) is 7.24. The maximum atomic E-state index is 10.4. The average molecular weight is 325 g/mol. The van der Waals surface area contributed by atoms with Crippen LogP contribution in [0.15, 0.2) is 49.1 Å². The van der Waals surface area contributed by atoms with Crippen LogP contribution < -0.4 is 0 Å². The van der Waals surface area contributed by atoms with Crippen LogP contribution in [0, 0.1) is 0 Å². The van der Waals surface area contributed by atoms with E-state index in [2.05, 4.69) is 4.98 Å². The highest BCUT2D eigenvalue weighted by molar-refractivity contribution is 7.79. The van der Waals surface area contributed by atoms with E-state index in [4.69, 9.17) is 22.6 Å². The number of aliphatic carboxylic acids is 1. The fraction of sp³-hybridized carbons (Fsp3) is 0.0769. The van der Waals surface area contributed by atoms with Crippen LogP contribution in [0.25, 0.3) is 6.08 Å². The van der Waals surface area contributed by atoms with Crippen molar-refractivity contribution >= 4 is 22.4 Å². The van der Waals surface area contributed by atoms with Gasteiger partial charge >= 0.3 is 5.97 Å². The van der Waals surface area contributed by atoms with Gasteiger partial charge in [0.25, 0.3) is 0 Å². The van der Waals surface area contributed by atoms with Crippen LogP contribution in [-0.2, 0) is 21.7 Å². The van der Waals surface area contributed by atoms with E-state index in [-0.39, 0.29) is 0 Å². The van der Waals surface area contributed by atoms with Gasteiger partial charge in [0.15, 0.2) is 0 Å². The molecule has 2 N–H and O–H groups in total. The summed E-state index contributed by atoms with van der Waals surface area (Å²) >= 11 is 0. The number of rotatable bonds is 4. The van der Waals surface area contributed by atoms with Gasteiger partial charge in [0.05, 0.1) is 6.33 Å². The lowest BCUT2D eigenvalue weighted by Gasteiger charge is -2.02. The van der Waals surface area contributed by atoms with Crippen molar-refractivity contribution in [3.05, 3.63) is 60.2 Å². The van der Waals surface area contributed by atoms with Crippen LogP contribution >= 0.6 is 0 Å². The van der Waals surface area contributed by atoms with Crippen molar-refractivity contribution < 1.29 is 27.4 Å². The highest BCUT2D eigenvalue weighted by Crippen LogP contribution is 2.07. The van der Waals surface area contributed by atoms with Crippen molar-refractivity contribution in [2.24, 2.45) is 0 Å². The van der Waals surface area contributed by atoms with Gasteiger partial charge in [-0.05, 0) is 17.2 Å². The van der Waals surface area contributed by atoms with E-state index in [0.29, 0.717) is 0 Å². The fourth-order valence-corrected chi connectivity index (χ4v) is 1.49. The summed E-state index contributed by atoms with van der Waals surface area (Å²) in [5.74, 6) is -0.938. The monoisotopic (exact) mass is 325 g/mol. The summed E-state index contributed by atoms with van der Waals surface area (Å²) in [5.41, 5.74) is 2.03. The second-order valence-corrected chi connectivity index (χ2v) is 4.93. The third-order valence-corrected chi connectivity index (χ3v) is 2.32. The first kappa shape index (κ1) is 17.6.